The first-order valence-electron chi connectivity index (χ1n) is 8.28. The van der Waals surface area contributed by atoms with Crippen LogP contribution in [0.3, 0.4) is 0 Å². The van der Waals surface area contributed by atoms with Crippen molar-refractivity contribution in [3.63, 3.8) is 0 Å². The molecule has 118 valence electrons. The minimum atomic E-state index is -0.258. The molecule has 0 aromatic heterocycles. The summed E-state index contributed by atoms with van der Waals surface area (Å²) >= 11 is 0. The lowest BCUT2D eigenvalue weighted by molar-refractivity contribution is 0.356. The number of fused-ring (bicyclic) bond motifs is 8. The summed E-state index contributed by atoms with van der Waals surface area (Å²) in [4.78, 5) is 0. The van der Waals surface area contributed by atoms with E-state index in [1.54, 1.807) is 0 Å². The molecule has 2 aliphatic rings. The van der Waals surface area contributed by atoms with Gasteiger partial charge >= 0.3 is 0 Å². The van der Waals surface area contributed by atoms with E-state index in [0.717, 1.165) is 21.9 Å². The van der Waals surface area contributed by atoms with Crippen LogP contribution in [-0.4, -0.2) is 6.61 Å². The van der Waals surface area contributed by atoms with Gasteiger partial charge in [0, 0.05) is 10.8 Å². The van der Waals surface area contributed by atoms with Gasteiger partial charge in [-0.15, -0.1) is 0 Å². The molecule has 1 aliphatic heterocycles. The van der Waals surface area contributed by atoms with Crippen LogP contribution in [0, 0.1) is 0 Å². The molecule has 1 nitrogen and oxygen atoms in total. The maximum atomic E-state index is 14.9. The Bertz CT molecular complexity index is 1040. The van der Waals surface area contributed by atoms with E-state index in [0.29, 0.717) is 11.3 Å². The average molecular weight is 316 g/mol. The monoisotopic (exact) mass is 316 g/mol. The fraction of sp³-hybridized carbons (Fsp3) is 0.182. The van der Waals surface area contributed by atoms with Gasteiger partial charge in [0.25, 0.3) is 0 Å². The summed E-state index contributed by atoms with van der Waals surface area (Å²) in [5.41, 5.74) is 5.03. The molecule has 5 rings (SSSR count). The molecule has 0 unspecified atom stereocenters. The highest BCUT2D eigenvalue weighted by atomic mass is 19.1. The molecule has 1 heterocycles. The van der Waals surface area contributed by atoms with Crippen LogP contribution in [0.15, 0.2) is 54.6 Å². The number of hydrogen-bond donors (Lipinski definition) is 0. The third-order valence-corrected chi connectivity index (χ3v) is 5.39. The van der Waals surface area contributed by atoms with Crippen molar-refractivity contribution in [1.29, 1.82) is 0 Å². The number of rotatable bonds is 0. The van der Waals surface area contributed by atoms with Crippen LogP contribution < -0.4 is 4.74 Å². The van der Waals surface area contributed by atoms with E-state index in [2.05, 4.69) is 44.2 Å². The van der Waals surface area contributed by atoms with E-state index < -0.39 is 0 Å². The minimum absolute atomic E-state index is 0.167. The second-order valence-corrected chi connectivity index (χ2v) is 7.03. The zero-order chi connectivity index (χ0) is 16.5. The van der Waals surface area contributed by atoms with Crippen LogP contribution in [0.1, 0.15) is 30.5 Å². The normalized spacial score (nSPS) is 16.9. The lowest BCUT2D eigenvalue weighted by Crippen LogP contribution is -2.19. The van der Waals surface area contributed by atoms with Crippen molar-refractivity contribution in [2.45, 2.75) is 19.3 Å². The molecular formula is C22H17FO. The van der Waals surface area contributed by atoms with Crippen molar-refractivity contribution < 1.29 is 9.13 Å². The Hall–Kier alpha value is -2.61. The molecule has 0 fully saturated rings. The van der Waals surface area contributed by atoms with E-state index >= 15 is 0 Å². The van der Waals surface area contributed by atoms with Crippen LogP contribution in [0.5, 0.6) is 5.75 Å². The van der Waals surface area contributed by atoms with Crippen LogP contribution >= 0.6 is 0 Å². The average Bonchev–Trinajstić information content (AvgIpc) is 2.84. The standard InChI is InChI=1S/C22H17FO/c1-22(2)16-10-6-5-9-15(16)18-13-7-3-4-8-14(13)21-19(20(18)22)17(23)11-12-24-21/h3-11H,12H2,1-2H3. The van der Waals surface area contributed by atoms with E-state index in [1.807, 2.05) is 18.2 Å². The van der Waals surface area contributed by atoms with E-state index in [4.69, 9.17) is 4.74 Å². The molecule has 24 heavy (non-hydrogen) atoms. The van der Waals surface area contributed by atoms with Gasteiger partial charge in [0.05, 0.1) is 5.56 Å². The predicted molar refractivity (Wildman–Crippen MR) is 96.1 cm³/mol. The Morgan fingerprint density at radius 2 is 1.62 bits per heavy atom. The highest BCUT2D eigenvalue weighted by molar-refractivity contribution is 6.08. The molecule has 0 N–H and O–H groups in total. The number of benzene rings is 3. The molecule has 3 aromatic carbocycles. The van der Waals surface area contributed by atoms with Gasteiger partial charge in [-0.2, -0.15) is 0 Å². The van der Waals surface area contributed by atoms with Gasteiger partial charge < -0.3 is 4.74 Å². The molecule has 2 heteroatoms. The summed E-state index contributed by atoms with van der Waals surface area (Å²) in [6, 6.07) is 16.6. The Labute approximate surface area is 140 Å². The lowest BCUT2D eigenvalue weighted by atomic mass is 9.78. The zero-order valence-corrected chi connectivity index (χ0v) is 13.7. The lowest BCUT2D eigenvalue weighted by Gasteiger charge is -2.28. The molecule has 0 radical (unpaired) electrons. The van der Waals surface area contributed by atoms with Crippen LogP contribution in [0.2, 0.25) is 0 Å². The van der Waals surface area contributed by atoms with Crippen molar-refractivity contribution in [3.05, 3.63) is 71.3 Å². The second-order valence-electron chi connectivity index (χ2n) is 7.03. The Kier molecular flexibility index (Phi) is 2.57. The quantitative estimate of drug-likeness (QED) is 0.505. The molecule has 0 amide bonds. The zero-order valence-electron chi connectivity index (χ0n) is 13.7. The summed E-state index contributed by atoms with van der Waals surface area (Å²) in [5.74, 6) is 0.518. The van der Waals surface area contributed by atoms with E-state index in [1.165, 1.54) is 17.2 Å². The molecule has 0 atom stereocenters. The third-order valence-electron chi connectivity index (χ3n) is 5.39. The summed E-state index contributed by atoms with van der Waals surface area (Å²) in [6.07, 6.45) is 1.54. The minimum Gasteiger partial charge on any atom is -0.488 e. The molecule has 0 bridgehead atoms. The summed E-state index contributed by atoms with van der Waals surface area (Å²) in [5, 5.41) is 2.13. The second kappa shape index (κ2) is 4.47. The molecule has 0 saturated carbocycles. The maximum absolute atomic E-state index is 14.9. The highest BCUT2D eigenvalue weighted by Crippen LogP contribution is 2.57. The summed E-state index contributed by atoms with van der Waals surface area (Å²) in [7, 11) is 0. The van der Waals surface area contributed by atoms with Gasteiger partial charge in [0.1, 0.15) is 18.2 Å². The molecular weight excluding hydrogens is 299 g/mol. The van der Waals surface area contributed by atoms with E-state index in [9.17, 15) is 4.39 Å². The third kappa shape index (κ3) is 1.53. The largest absolute Gasteiger partial charge is 0.488 e. The Morgan fingerprint density at radius 3 is 2.46 bits per heavy atom. The molecule has 1 aliphatic carbocycles. The molecule has 0 saturated heterocycles. The topological polar surface area (TPSA) is 9.23 Å². The van der Waals surface area contributed by atoms with Crippen LogP contribution in [0.25, 0.3) is 27.7 Å². The van der Waals surface area contributed by atoms with Gasteiger partial charge in [-0.3, -0.25) is 0 Å². The fourth-order valence-electron chi connectivity index (χ4n) is 4.37. The van der Waals surface area contributed by atoms with Gasteiger partial charge in [0.15, 0.2) is 0 Å². The van der Waals surface area contributed by atoms with Crippen molar-refractivity contribution >= 4 is 16.6 Å². The van der Waals surface area contributed by atoms with Crippen molar-refractivity contribution in [3.8, 4) is 16.9 Å². The van der Waals surface area contributed by atoms with Crippen molar-refractivity contribution in [2.24, 2.45) is 0 Å². The molecule has 3 aromatic rings. The van der Waals surface area contributed by atoms with Crippen molar-refractivity contribution in [2.75, 3.05) is 6.61 Å². The number of ether oxygens (including phenoxy) is 1. The van der Waals surface area contributed by atoms with Gasteiger partial charge in [-0.1, -0.05) is 62.4 Å². The van der Waals surface area contributed by atoms with Gasteiger partial charge in [0.2, 0.25) is 0 Å². The van der Waals surface area contributed by atoms with Crippen LogP contribution in [-0.2, 0) is 5.41 Å². The number of hydrogen-bond acceptors (Lipinski definition) is 1. The van der Waals surface area contributed by atoms with Crippen molar-refractivity contribution in [1.82, 2.24) is 0 Å². The first-order chi connectivity index (χ1) is 11.6. The van der Waals surface area contributed by atoms with Crippen LogP contribution in [0.4, 0.5) is 4.39 Å². The fourth-order valence-corrected chi connectivity index (χ4v) is 4.37. The maximum Gasteiger partial charge on any atom is 0.138 e. The Morgan fingerprint density at radius 1 is 0.917 bits per heavy atom. The smallest absolute Gasteiger partial charge is 0.138 e. The molecule has 0 spiro atoms. The first kappa shape index (κ1) is 13.8. The highest BCUT2D eigenvalue weighted by Gasteiger charge is 2.41. The SMILES string of the molecule is CC1(C)c2ccccc2-c2c1c1c(c3ccccc23)OCC=C1F. The summed E-state index contributed by atoms with van der Waals surface area (Å²) in [6.45, 7) is 4.64. The Balaban J connectivity index is 2.07. The number of halogens is 1. The first-order valence-corrected chi connectivity index (χ1v) is 8.28. The predicted octanol–water partition coefficient (Wildman–Crippen LogP) is 5.85. The summed E-state index contributed by atoms with van der Waals surface area (Å²) < 4.78 is 20.8. The van der Waals surface area contributed by atoms with Gasteiger partial charge in [-0.05, 0) is 33.7 Å². The van der Waals surface area contributed by atoms with E-state index in [-0.39, 0.29) is 17.8 Å². The van der Waals surface area contributed by atoms with Gasteiger partial charge in [-0.25, -0.2) is 4.39 Å².